The van der Waals surface area contributed by atoms with Gasteiger partial charge in [-0.15, -0.1) is 0 Å². The minimum atomic E-state index is -2.17. The SMILES string of the molecule is CCCCCC(C)(C#N)CCCCC.OB(O)O. The average molecular weight is 257 g/mol. The van der Waals surface area contributed by atoms with E-state index in [0.29, 0.717) is 0 Å². The van der Waals surface area contributed by atoms with Gasteiger partial charge in [-0.25, -0.2) is 0 Å². The summed E-state index contributed by atoms with van der Waals surface area (Å²) in [5.74, 6) is 0. The minimum absolute atomic E-state index is 0.0513. The maximum absolute atomic E-state index is 9.13. The predicted octanol–water partition coefficient (Wildman–Crippen LogP) is 2.63. The molecule has 0 saturated heterocycles. The van der Waals surface area contributed by atoms with E-state index in [1.165, 1.54) is 38.5 Å². The number of hydrogen-bond acceptors (Lipinski definition) is 4. The van der Waals surface area contributed by atoms with Gasteiger partial charge in [-0.2, -0.15) is 5.26 Å². The van der Waals surface area contributed by atoms with Crippen LogP contribution < -0.4 is 0 Å². The molecule has 4 nitrogen and oxygen atoms in total. The Morgan fingerprint density at radius 2 is 1.28 bits per heavy atom. The highest BCUT2D eigenvalue weighted by molar-refractivity contribution is 6.30. The van der Waals surface area contributed by atoms with E-state index in [2.05, 4.69) is 26.8 Å². The van der Waals surface area contributed by atoms with Crippen molar-refractivity contribution in [1.29, 1.82) is 5.26 Å². The van der Waals surface area contributed by atoms with Crippen molar-refractivity contribution in [3.63, 3.8) is 0 Å². The van der Waals surface area contributed by atoms with Crippen LogP contribution in [0.4, 0.5) is 0 Å². The van der Waals surface area contributed by atoms with E-state index in [0.717, 1.165) is 12.8 Å². The molecular formula is C13H28BNO3. The van der Waals surface area contributed by atoms with Gasteiger partial charge in [0.2, 0.25) is 0 Å². The fourth-order valence-corrected chi connectivity index (χ4v) is 1.77. The van der Waals surface area contributed by atoms with Gasteiger partial charge in [0, 0.05) is 0 Å². The Hall–Kier alpha value is -0.565. The van der Waals surface area contributed by atoms with Crippen LogP contribution in [-0.4, -0.2) is 22.4 Å². The van der Waals surface area contributed by atoms with Crippen molar-refractivity contribution in [2.24, 2.45) is 5.41 Å². The third-order valence-electron chi connectivity index (χ3n) is 2.93. The molecule has 0 atom stereocenters. The smallest absolute Gasteiger partial charge is 0.402 e. The zero-order valence-electron chi connectivity index (χ0n) is 12.0. The Morgan fingerprint density at radius 1 is 0.944 bits per heavy atom. The molecule has 0 spiro atoms. The summed E-state index contributed by atoms with van der Waals surface area (Å²) >= 11 is 0. The van der Waals surface area contributed by atoms with Crippen LogP contribution >= 0.6 is 0 Å². The number of nitriles is 1. The van der Waals surface area contributed by atoms with Crippen LogP contribution in [0.3, 0.4) is 0 Å². The van der Waals surface area contributed by atoms with Crippen molar-refractivity contribution >= 4 is 7.32 Å². The highest BCUT2D eigenvalue weighted by Gasteiger charge is 2.22. The highest BCUT2D eigenvalue weighted by atomic mass is 16.5. The topological polar surface area (TPSA) is 84.5 Å². The predicted molar refractivity (Wildman–Crippen MR) is 74.4 cm³/mol. The summed E-state index contributed by atoms with van der Waals surface area (Å²) < 4.78 is 0. The normalized spacial score (nSPS) is 10.3. The van der Waals surface area contributed by atoms with Crippen LogP contribution in [0.2, 0.25) is 0 Å². The van der Waals surface area contributed by atoms with Crippen molar-refractivity contribution in [3.05, 3.63) is 0 Å². The van der Waals surface area contributed by atoms with Gasteiger partial charge in [-0.1, -0.05) is 52.4 Å². The summed E-state index contributed by atoms with van der Waals surface area (Å²) in [5, 5.41) is 30.6. The number of rotatable bonds is 8. The second-order valence-electron chi connectivity index (χ2n) is 4.93. The van der Waals surface area contributed by atoms with Crippen molar-refractivity contribution in [2.45, 2.75) is 72.1 Å². The Balaban J connectivity index is 0. The second kappa shape index (κ2) is 12.9. The first-order chi connectivity index (χ1) is 8.41. The lowest BCUT2D eigenvalue weighted by Gasteiger charge is -2.21. The van der Waals surface area contributed by atoms with Gasteiger partial charge >= 0.3 is 7.32 Å². The lowest BCUT2D eigenvalue weighted by Crippen LogP contribution is -2.13. The molecule has 3 N–H and O–H groups in total. The first kappa shape index (κ1) is 19.8. The van der Waals surface area contributed by atoms with E-state index in [1.807, 2.05) is 0 Å². The molecule has 0 heterocycles. The molecule has 106 valence electrons. The number of hydrogen-bond donors (Lipinski definition) is 3. The van der Waals surface area contributed by atoms with Crippen LogP contribution in [0.15, 0.2) is 0 Å². The molecule has 0 aliphatic heterocycles. The summed E-state index contributed by atoms with van der Waals surface area (Å²) in [6.45, 7) is 6.54. The molecule has 0 radical (unpaired) electrons. The van der Waals surface area contributed by atoms with E-state index < -0.39 is 7.32 Å². The maximum atomic E-state index is 9.13. The molecule has 0 fully saturated rings. The molecular weight excluding hydrogens is 229 g/mol. The summed E-state index contributed by atoms with van der Waals surface area (Å²) in [6.07, 6.45) is 9.63. The maximum Gasteiger partial charge on any atom is 0.631 e. The third-order valence-corrected chi connectivity index (χ3v) is 2.93. The quantitative estimate of drug-likeness (QED) is 0.461. The molecule has 0 saturated carbocycles. The highest BCUT2D eigenvalue weighted by Crippen LogP contribution is 2.29. The molecule has 0 aromatic carbocycles. The van der Waals surface area contributed by atoms with Gasteiger partial charge < -0.3 is 15.1 Å². The molecule has 0 unspecified atom stereocenters. The molecule has 0 amide bonds. The summed E-state index contributed by atoms with van der Waals surface area (Å²) in [5.41, 5.74) is -0.0513. The van der Waals surface area contributed by atoms with E-state index in [1.54, 1.807) is 0 Å². The van der Waals surface area contributed by atoms with E-state index in [4.69, 9.17) is 20.3 Å². The molecule has 0 aromatic heterocycles. The number of nitrogens with zero attached hydrogens (tertiary/aromatic N) is 1. The number of unbranched alkanes of at least 4 members (excludes halogenated alkanes) is 4. The summed E-state index contributed by atoms with van der Waals surface area (Å²) in [7, 11) is -2.17. The van der Waals surface area contributed by atoms with Crippen molar-refractivity contribution in [2.75, 3.05) is 0 Å². The van der Waals surface area contributed by atoms with Gasteiger partial charge in [0.25, 0.3) is 0 Å². The van der Waals surface area contributed by atoms with Crippen molar-refractivity contribution in [1.82, 2.24) is 0 Å². The van der Waals surface area contributed by atoms with Crippen LogP contribution in [0.5, 0.6) is 0 Å². The van der Waals surface area contributed by atoms with Gasteiger partial charge in [-0.05, 0) is 19.8 Å². The van der Waals surface area contributed by atoms with Crippen LogP contribution in [0.1, 0.15) is 72.1 Å². The van der Waals surface area contributed by atoms with E-state index in [-0.39, 0.29) is 5.41 Å². The standard InChI is InChI=1S/C13H25N.BH3O3/c1-4-6-8-10-13(3,12-14)11-9-7-5-2;2-1(3)4/h4-11H2,1-3H3;2-4H. The summed E-state index contributed by atoms with van der Waals surface area (Å²) in [4.78, 5) is 0. The second-order valence-corrected chi connectivity index (χ2v) is 4.93. The lowest BCUT2D eigenvalue weighted by molar-refractivity contribution is 0.278. The molecule has 0 aliphatic rings. The Morgan fingerprint density at radius 3 is 1.50 bits per heavy atom. The zero-order chi connectivity index (χ0) is 14.4. The molecule has 0 aliphatic carbocycles. The Bertz CT molecular complexity index is 204. The third kappa shape index (κ3) is 15.4. The monoisotopic (exact) mass is 257 g/mol. The minimum Gasteiger partial charge on any atom is -0.402 e. The Labute approximate surface area is 112 Å². The first-order valence-electron chi connectivity index (χ1n) is 6.87. The van der Waals surface area contributed by atoms with Gasteiger partial charge in [-0.3, -0.25) is 0 Å². The largest absolute Gasteiger partial charge is 0.631 e. The fourth-order valence-electron chi connectivity index (χ4n) is 1.77. The zero-order valence-corrected chi connectivity index (χ0v) is 12.0. The van der Waals surface area contributed by atoms with Crippen LogP contribution in [0.25, 0.3) is 0 Å². The molecule has 0 aromatic rings. The first-order valence-corrected chi connectivity index (χ1v) is 6.87. The fraction of sp³-hybridized carbons (Fsp3) is 0.923. The molecule has 0 rings (SSSR count). The lowest BCUT2D eigenvalue weighted by atomic mass is 9.81. The van der Waals surface area contributed by atoms with E-state index in [9.17, 15) is 0 Å². The van der Waals surface area contributed by atoms with Gasteiger partial charge in [0.15, 0.2) is 0 Å². The average Bonchev–Trinajstić information content (AvgIpc) is 2.29. The van der Waals surface area contributed by atoms with Crippen LogP contribution in [0, 0.1) is 16.7 Å². The molecule has 0 bridgehead atoms. The van der Waals surface area contributed by atoms with Gasteiger partial charge in [0.1, 0.15) is 0 Å². The van der Waals surface area contributed by atoms with Gasteiger partial charge in [0.05, 0.1) is 11.5 Å². The van der Waals surface area contributed by atoms with Crippen molar-refractivity contribution in [3.8, 4) is 6.07 Å². The molecule has 18 heavy (non-hydrogen) atoms. The molecule has 5 heteroatoms. The summed E-state index contributed by atoms with van der Waals surface area (Å²) in [6, 6.07) is 2.50. The van der Waals surface area contributed by atoms with Crippen molar-refractivity contribution < 1.29 is 15.1 Å². The van der Waals surface area contributed by atoms with Crippen LogP contribution in [-0.2, 0) is 0 Å². The Kier molecular flexibility index (Phi) is 14.1. The van der Waals surface area contributed by atoms with E-state index >= 15 is 0 Å².